The molecule has 0 aromatic rings. The Morgan fingerprint density at radius 2 is 0.662 bits per heavy atom. The molecule has 0 aliphatic carbocycles. The first kappa shape index (κ1) is 61.0. The Morgan fingerprint density at radius 3 is 1.02 bits per heavy atom. The van der Waals surface area contributed by atoms with E-state index in [9.17, 15) is 14.7 Å². The molecule has 5 nitrogen and oxygen atoms in total. The summed E-state index contributed by atoms with van der Waals surface area (Å²) in [5.74, 6) is -0.617. The van der Waals surface area contributed by atoms with Gasteiger partial charge in [-0.05, 0) is 109 Å². The van der Waals surface area contributed by atoms with Crippen molar-refractivity contribution < 1.29 is 24.2 Å². The average Bonchev–Trinajstić information content (AvgIpc) is 3.31. The highest BCUT2D eigenvalue weighted by molar-refractivity contribution is 5.70. The summed E-state index contributed by atoms with van der Waals surface area (Å²) in [4.78, 5) is 24.3. The first-order valence-corrected chi connectivity index (χ1v) is 26.2. The Bertz CT molecular complexity index is 1380. The predicted octanol–water partition coefficient (Wildman–Crippen LogP) is 17.7. The maximum absolute atomic E-state index is 12.2. The van der Waals surface area contributed by atoms with Crippen LogP contribution in [0.5, 0.6) is 0 Å². The largest absolute Gasteiger partial charge is 0.462 e. The zero-order valence-electron chi connectivity index (χ0n) is 41.7. The van der Waals surface area contributed by atoms with Crippen molar-refractivity contribution in [3.05, 3.63) is 134 Å². The van der Waals surface area contributed by atoms with Gasteiger partial charge in [-0.25, -0.2) is 0 Å². The number of ether oxygens (including phenoxy) is 2. The van der Waals surface area contributed by atoms with Gasteiger partial charge >= 0.3 is 11.9 Å². The van der Waals surface area contributed by atoms with Crippen LogP contribution in [0.15, 0.2) is 134 Å². The first-order valence-electron chi connectivity index (χ1n) is 26.2. The number of rotatable bonds is 46. The van der Waals surface area contributed by atoms with Gasteiger partial charge in [-0.1, -0.05) is 225 Å². The molecule has 65 heavy (non-hydrogen) atoms. The van der Waals surface area contributed by atoms with Crippen LogP contribution >= 0.6 is 0 Å². The highest BCUT2D eigenvalue weighted by atomic mass is 16.6. The van der Waals surface area contributed by atoms with Crippen LogP contribution in [0.25, 0.3) is 0 Å². The highest BCUT2D eigenvalue weighted by Gasteiger charge is 2.16. The lowest BCUT2D eigenvalue weighted by Crippen LogP contribution is -2.28. The van der Waals surface area contributed by atoms with E-state index < -0.39 is 6.10 Å². The number of aliphatic hydroxyl groups excluding tert-OH is 1. The van der Waals surface area contributed by atoms with Crippen molar-refractivity contribution in [3.8, 4) is 0 Å². The van der Waals surface area contributed by atoms with E-state index in [4.69, 9.17) is 9.47 Å². The fraction of sp³-hybridized carbons (Fsp3) is 0.600. The lowest BCUT2D eigenvalue weighted by molar-refractivity contribution is -0.161. The fourth-order valence-corrected chi connectivity index (χ4v) is 6.76. The minimum absolute atomic E-state index is 0.0781. The van der Waals surface area contributed by atoms with E-state index in [0.717, 1.165) is 116 Å². The minimum Gasteiger partial charge on any atom is -0.462 e. The molecule has 0 aliphatic heterocycles. The number of carbonyl (C=O) groups excluding carboxylic acids is 2. The standard InChI is InChI=1S/C60H96O5/c1-3-5-7-9-11-13-15-16-17-18-19-20-21-22-23-24-25-26-27-28-29-30-31-32-33-34-35-36-37-38-39-40-41-42-43-44-45-47-49-51-53-55-60(63)65-58(56-61)57-64-59(62)54-52-50-48-46-14-12-10-8-6-4-2/h5,7-8,10-11,13,16-17,19-20,22-23,25-26,28-29,31-32,34-35,37-38,58,61H,3-4,6,9,12,14-15,18,21,24,27,30,33,36,39-57H2,1-2H3/b7-5-,10-8-,13-11-,17-16-,20-19-,23-22-,26-25-,29-28-,32-31-,35-34-,38-37-. The van der Waals surface area contributed by atoms with E-state index >= 15 is 0 Å². The SMILES string of the molecule is CC/C=C\C/C=C\C/C=C\C/C=C\C/C=C\C/C=C\C/C=C\C/C=C\C/C=C\C/C=C\CCCCCCCCCCCCC(=O)OC(CO)COC(=O)CCCCCCC/C=C\CCC. The van der Waals surface area contributed by atoms with Gasteiger partial charge in [0.25, 0.3) is 0 Å². The van der Waals surface area contributed by atoms with Gasteiger partial charge in [-0.15, -0.1) is 0 Å². The van der Waals surface area contributed by atoms with E-state index in [1.807, 2.05) is 0 Å². The van der Waals surface area contributed by atoms with Crippen LogP contribution in [0.2, 0.25) is 0 Å². The Kier molecular flexibility index (Phi) is 51.1. The topological polar surface area (TPSA) is 72.8 Å². The van der Waals surface area contributed by atoms with Gasteiger partial charge in [0.05, 0.1) is 6.61 Å². The number of unbranched alkanes of at least 4 members (excludes halogenated alkanes) is 16. The number of aliphatic hydroxyl groups is 1. The lowest BCUT2D eigenvalue weighted by atomic mass is 10.0. The molecule has 0 saturated heterocycles. The van der Waals surface area contributed by atoms with Gasteiger partial charge in [-0.3, -0.25) is 9.59 Å². The van der Waals surface area contributed by atoms with Gasteiger partial charge in [0.15, 0.2) is 6.10 Å². The number of hydrogen-bond acceptors (Lipinski definition) is 5. The smallest absolute Gasteiger partial charge is 0.306 e. The monoisotopic (exact) mass is 897 g/mol. The predicted molar refractivity (Wildman–Crippen MR) is 283 cm³/mol. The second-order valence-electron chi connectivity index (χ2n) is 16.9. The molecular formula is C60H96O5. The normalized spacial score (nSPS) is 13.3. The van der Waals surface area contributed by atoms with Crippen molar-refractivity contribution in [2.45, 2.75) is 219 Å². The zero-order valence-corrected chi connectivity index (χ0v) is 41.7. The second-order valence-corrected chi connectivity index (χ2v) is 16.9. The van der Waals surface area contributed by atoms with Crippen LogP contribution in [0.4, 0.5) is 0 Å². The summed E-state index contributed by atoms with van der Waals surface area (Å²) in [5, 5.41) is 9.58. The third-order valence-electron chi connectivity index (χ3n) is 10.7. The summed E-state index contributed by atoms with van der Waals surface area (Å²) in [6, 6.07) is 0. The third kappa shape index (κ3) is 52.5. The van der Waals surface area contributed by atoms with Crippen LogP contribution in [0.1, 0.15) is 213 Å². The molecule has 1 atom stereocenters. The Labute approximate surface area is 400 Å². The van der Waals surface area contributed by atoms with Gasteiger partial charge in [0.1, 0.15) is 6.61 Å². The van der Waals surface area contributed by atoms with Crippen molar-refractivity contribution in [1.29, 1.82) is 0 Å². The quantitative estimate of drug-likeness (QED) is 0.0374. The molecule has 5 heteroatoms. The van der Waals surface area contributed by atoms with Crippen LogP contribution in [0, 0.1) is 0 Å². The van der Waals surface area contributed by atoms with Crippen LogP contribution in [0.3, 0.4) is 0 Å². The van der Waals surface area contributed by atoms with E-state index in [1.54, 1.807) is 0 Å². The van der Waals surface area contributed by atoms with Crippen LogP contribution in [-0.2, 0) is 19.1 Å². The van der Waals surface area contributed by atoms with E-state index in [2.05, 4.69) is 148 Å². The molecule has 0 radical (unpaired) electrons. The van der Waals surface area contributed by atoms with Gasteiger partial charge < -0.3 is 14.6 Å². The van der Waals surface area contributed by atoms with Crippen molar-refractivity contribution in [2.24, 2.45) is 0 Å². The van der Waals surface area contributed by atoms with E-state index in [1.165, 1.54) is 70.6 Å². The molecular weight excluding hydrogens is 801 g/mol. The van der Waals surface area contributed by atoms with E-state index in [-0.39, 0.29) is 25.2 Å². The molecule has 0 rings (SSSR count). The minimum atomic E-state index is -0.784. The van der Waals surface area contributed by atoms with Crippen molar-refractivity contribution >= 4 is 11.9 Å². The Balaban J connectivity index is 3.59. The van der Waals surface area contributed by atoms with Crippen molar-refractivity contribution in [2.75, 3.05) is 13.2 Å². The average molecular weight is 897 g/mol. The number of allylic oxidation sites excluding steroid dienone is 22. The zero-order chi connectivity index (χ0) is 47.0. The number of carbonyl (C=O) groups is 2. The molecule has 0 amide bonds. The third-order valence-corrected chi connectivity index (χ3v) is 10.7. The molecule has 0 aromatic carbocycles. The molecule has 0 bridgehead atoms. The van der Waals surface area contributed by atoms with Gasteiger partial charge in [-0.2, -0.15) is 0 Å². The Morgan fingerprint density at radius 1 is 0.369 bits per heavy atom. The van der Waals surface area contributed by atoms with Gasteiger partial charge in [0.2, 0.25) is 0 Å². The van der Waals surface area contributed by atoms with Gasteiger partial charge in [0, 0.05) is 12.8 Å². The summed E-state index contributed by atoms with van der Waals surface area (Å²) >= 11 is 0. The van der Waals surface area contributed by atoms with Crippen molar-refractivity contribution in [3.63, 3.8) is 0 Å². The highest BCUT2D eigenvalue weighted by Crippen LogP contribution is 2.14. The lowest BCUT2D eigenvalue weighted by Gasteiger charge is -2.15. The summed E-state index contributed by atoms with van der Waals surface area (Å²) < 4.78 is 10.6. The summed E-state index contributed by atoms with van der Waals surface area (Å²) in [5.41, 5.74) is 0. The maximum Gasteiger partial charge on any atom is 0.306 e. The fourth-order valence-electron chi connectivity index (χ4n) is 6.76. The molecule has 1 unspecified atom stereocenters. The molecule has 0 aliphatic rings. The molecule has 0 saturated carbocycles. The second kappa shape index (κ2) is 54.4. The van der Waals surface area contributed by atoms with Crippen LogP contribution in [-0.4, -0.2) is 36.4 Å². The van der Waals surface area contributed by atoms with Crippen molar-refractivity contribution in [1.82, 2.24) is 0 Å². The molecule has 366 valence electrons. The molecule has 0 aromatic heterocycles. The summed E-state index contributed by atoms with van der Waals surface area (Å²) in [6.45, 7) is 3.93. The van der Waals surface area contributed by atoms with Crippen LogP contribution < -0.4 is 0 Å². The summed E-state index contributed by atoms with van der Waals surface area (Å²) in [6.07, 6.45) is 81.4. The maximum atomic E-state index is 12.2. The Hall–Kier alpha value is -3.96. The molecule has 1 N–H and O–H groups in total. The molecule has 0 heterocycles. The number of esters is 2. The first-order chi connectivity index (χ1) is 32.1. The molecule has 0 spiro atoms. The summed E-state index contributed by atoms with van der Waals surface area (Å²) in [7, 11) is 0. The number of hydrogen-bond donors (Lipinski definition) is 1. The molecule has 0 fully saturated rings. The van der Waals surface area contributed by atoms with E-state index in [0.29, 0.717) is 12.8 Å².